The molecule has 0 aromatic carbocycles. The Morgan fingerprint density at radius 3 is 2.67 bits per heavy atom. The quantitative estimate of drug-likeness (QED) is 0.860. The number of pyridine rings is 1. The zero-order valence-corrected chi connectivity index (χ0v) is 9.79. The van der Waals surface area contributed by atoms with Gasteiger partial charge in [-0.2, -0.15) is 0 Å². The maximum Gasteiger partial charge on any atom is 0.268 e. The van der Waals surface area contributed by atoms with Crippen LogP contribution in [0.5, 0.6) is 5.75 Å². The van der Waals surface area contributed by atoms with Gasteiger partial charge in [0, 0.05) is 6.20 Å². The molecule has 0 bridgehead atoms. The molecule has 1 aromatic heterocycles. The molecule has 1 rings (SSSR count). The zero-order valence-electron chi connectivity index (χ0n) is 7.63. The molecule has 4 nitrogen and oxygen atoms in total. The first-order valence-electron chi connectivity index (χ1n) is 3.79. The van der Waals surface area contributed by atoms with Gasteiger partial charge >= 0.3 is 0 Å². The van der Waals surface area contributed by atoms with Gasteiger partial charge in [-0.15, -0.1) is 0 Å². The van der Waals surface area contributed by atoms with Crippen LogP contribution in [0.4, 0.5) is 8.78 Å². The van der Waals surface area contributed by atoms with E-state index in [1.54, 1.807) is 22.6 Å². The van der Waals surface area contributed by atoms with Crippen LogP contribution in [-0.4, -0.2) is 18.0 Å². The SMILES string of the molecule is COc1c(C(F)F)cnc(C(N)=O)c1I. The molecule has 0 spiro atoms. The maximum atomic E-state index is 12.5. The number of hydrogen-bond acceptors (Lipinski definition) is 3. The number of ether oxygens (including phenoxy) is 1. The van der Waals surface area contributed by atoms with E-state index in [1.807, 2.05) is 0 Å². The molecule has 0 aliphatic carbocycles. The van der Waals surface area contributed by atoms with Gasteiger partial charge in [-0.1, -0.05) is 0 Å². The van der Waals surface area contributed by atoms with Crippen LogP contribution in [-0.2, 0) is 0 Å². The normalized spacial score (nSPS) is 10.5. The fourth-order valence-corrected chi connectivity index (χ4v) is 1.96. The van der Waals surface area contributed by atoms with Gasteiger partial charge in [-0.3, -0.25) is 4.79 Å². The van der Waals surface area contributed by atoms with Crippen molar-refractivity contribution >= 4 is 28.5 Å². The number of primary amides is 1. The molecule has 0 fully saturated rings. The van der Waals surface area contributed by atoms with E-state index in [9.17, 15) is 13.6 Å². The smallest absolute Gasteiger partial charge is 0.268 e. The summed E-state index contributed by atoms with van der Waals surface area (Å²) in [4.78, 5) is 14.4. The highest BCUT2D eigenvalue weighted by atomic mass is 127. The number of aromatic nitrogens is 1. The average Bonchev–Trinajstić information content (AvgIpc) is 2.16. The molecular formula is C8H7F2IN2O2. The summed E-state index contributed by atoms with van der Waals surface area (Å²) >= 11 is 1.69. The van der Waals surface area contributed by atoms with Crippen LogP contribution >= 0.6 is 22.6 Å². The van der Waals surface area contributed by atoms with Crippen molar-refractivity contribution in [3.8, 4) is 5.75 Å². The van der Waals surface area contributed by atoms with Crippen molar-refractivity contribution in [1.82, 2.24) is 4.98 Å². The molecule has 0 atom stereocenters. The van der Waals surface area contributed by atoms with Gasteiger partial charge in [-0.05, 0) is 22.6 Å². The number of methoxy groups -OCH3 is 1. The van der Waals surface area contributed by atoms with Gasteiger partial charge in [0.1, 0.15) is 11.4 Å². The van der Waals surface area contributed by atoms with Crippen molar-refractivity contribution in [3.05, 3.63) is 21.0 Å². The molecule has 1 heterocycles. The van der Waals surface area contributed by atoms with Crippen LogP contribution in [0, 0.1) is 3.57 Å². The van der Waals surface area contributed by atoms with Gasteiger partial charge in [0.15, 0.2) is 0 Å². The van der Waals surface area contributed by atoms with Crippen molar-refractivity contribution < 1.29 is 18.3 Å². The van der Waals surface area contributed by atoms with E-state index in [2.05, 4.69) is 4.98 Å². The molecule has 0 aliphatic heterocycles. The molecule has 2 N–H and O–H groups in total. The number of nitrogens with zero attached hydrogens (tertiary/aromatic N) is 1. The molecule has 0 radical (unpaired) electrons. The van der Waals surface area contributed by atoms with Gasteiger partial charge in [0.2, 0.25) is 0 Å². The van der Waals surface area contributed by atoms with E-state index in [4.69, 9.17) is 10.5 Å². The van der Waals surface area contributed by atoms with E-state index >= 15 is 0 Å². The minimum Gasteiger partial charge on any atom is -0.495 e. The fraction of sp³-hybridized carbons (Fsp3) is 0.250. The highest BCUT2D eigenvalue weighted by molar-refractivity contribution is 14.1. The van der Waals surface area contributed by atoms with Crippen LogP contribution in [0.25, 0.3) is 0 Å². The summed E-state index contributed by atoms with van der Waals surface area (Å²) in [5, 5.41) is 0. The Kier molecular flexibility index (Phi) is 3.77. The molecule has 0 saturated carbocycles. The molecule has 0 aliphatic rings. The molecule has 0 saturated heterocycles. The standard InChI is InChI=1S/C8H7F2IN2O2/c1-15-6-3(7(9)10)2-13-5(4(6)11)8(12)14/h2,7H,1H3,(H2,12,14). The first kappa shape index (κ1) is 12.1. The van der Waals surface area contributed by atoms with E-state index in [1.165, 1.54) is 7.11 Å². The molecule has 0 unspecified atom stereocenters. The van der Waals surface area contributed by atoms with Crippen LogP contribution < -0.4 is 10.5 Å². The molecule has 1 amide bonds. The van der Waals surface area contributed by atoms with Gasteiger partial charge in [0.25, 0.3) is 12.3 Å². The summed E-state index contributed by atoms with van der Waals surface area (Å²) < 4.78 is 30.0. The number of halogens is 3. The summed E-state index contributed by atoms with van der Waals surface area (Å²) in [6.07, 6.45) is -1.81. The predicted molar refractivity (Wildman–Crippen MR) is 57.0 cm³/mol. The fourth-order valence-electron chi connectivity index (χ4n) is 1.02. The van der Waals surface area contributed by atoms with E-state index < -0.39 is 12.3 Å². The third kappa shape index (κ3) is 2.33. The first-order chi connectivity index (χ1) is 6.99. The Morgan fingerprint density at radius 1 is 1.67 bits per heavy atom. The number of rotatable bonds is 3. The Balaban J connectivity index is 3.39. The third-order valence-corrected chi connectivity index (χ3v) is 2.68. The van der Waals surface area contributed by atoms with Crippen LogP contribution in [0.2, 0.25) is 0 Å². The van der Waals surface area contributed by atoms with Crippen molar-refractivity contribution in [2.45, 2.75) is 6.43 Å². The highest BCUT2D eigenvalue weighted by Gasteiger charge is 2.21. The first-order valence-corrected chi connectivity index (χ1v) is 4.87. The number of alkyl halides is 2. The van der Waals surface area contributed by atoms with Gasteiger partial charge < -0.3 is 10.5 Å². The largest absolute Gasteiger partial charge is 0.495 e. The minimum absolute atomic E-state index is 0.0607. The third-order valence-electron chi connectivity index (χ3n) is 1.67. The van der Waals surface area contributed by atoms with E-state index in [0.717, 1.165) is 6.20 Å². The second-order valence-electron chi connectivity index (χ2n) is 2.57. The second kappa shape index (κ2) is 4.69. The number of hydrogen-bond donors (Lipinski definition) is 1. The zero-order chi connectivity index (χ0) is 11.6. The molecular weight excluding hydrogens is 321 g/mol. The van der Waals surface area contributed by atoms with Crippen molar-refractivity contribution in [3.63, 3.8) is 0 Å². The topological polar surface area (TPSA) is 65.2 Å². The lowest BCUT2D eigenvalue weighted by Crippen LogP contribution is -2.16. The van der Waals surface area contributed by atoms with Crippen LogP contribution in [0.3, 0.4) is 0 Å². The summed E-state index contributed by atoms with van der Waals surface area (Å²) in [5.41, 5.74) is 4.59. The van der Waals surface area contributed by atoms with Crippen molar-refractivity contribution in [2.24, 2.45) is 5.73 Å². The Morgan fingerprint density at radius 2 is 2.27 bits per heavy atom. The van der Waals surface area contributed by atoms with E-state index in [-0.39, 0.29) is 20.6 Å². The lowest BCUT2D eigenvalue weighted by Gasteiger charge is -2.10. The Bertz CT molecular complexity index is 398. The van der Waals surface area contributed by atoms with Gasteiger partial charge in [0.05, 0.1) is 16.2 Å². The monoisotopic (exact) mass is 328 g/mol. The highest BCUT2D eigenvalue weighted by Crippen LogP contribution is 2.33. The molecule has 1 aromatic rings. The number of carbonyl (C=O) groups excluding carboxylic acids is 1. The van der Waals surface area contributed by atoms with Crippen LogP contribution in [0.1, 0.15) is 22.5 Å². The van der Waals surface area contributed by atoms with Gasteiger partial charge in [-0.25, -0.2) is 13.8 Å². The molecule has 7 heteroatoms. The Hall–Kier alpha value is -0.990. The van der Waals surface area contributed by atoms with Crippen LogP contribution in [0.15, 0.2) is 6.20 Å². The number of nitrogens with two attached hydrogens (primary N) is 1. The second-order valence-corrected chi connectivity index (χ2v) is 3.65. The maximum absolute atomic E-state index is 12.5. The average molecular weight is 328 g/mol. The molecule has 82 valence electrons. The summed E-state index contributed by atoms with van der Waals surface area (Å²) in [7, 11) is 1.24. The number of amides is 1. The lowest BCUT2D eigenvalue weighted by molar-refractivity contribution is 0.0992. The number of carbonyl (C=O) groups is 1. The lowest BCUT2D eigenvalue weighted by atomic mass is 10.2. The Labute approximate surface area is 98.0 Å². The summed E-state index contributed by atoms with van der Waals surface area (Å²) in [6.45, 7) is 0. The van der Waals surface area contributed by atoms with E-state index in [0.29, 0.717) is 0 Å². The molecule has 15 heavy (non-hydrogen) atoms. The summed E-state index contributed by atoms with van der Waals surface area (Å²) in [6, 6.07) is 0. The predicted octanol–water partition coefficient (Wildman–Crippen LogP) is 1.73. The van der Waals surface area contributed by atoms with Crippen molar-refractivity contribution in [2.75, 3.05) is 7.11 Å². The van der Waals surface area contributed by atoms with Crippen molar-refractivity contribution in [1.29, 1.82) is 0 Å². The summed E-state index contributed by atoms with van der Waals surface area (Å²) in [5.74, 6) is -0.840. The minimum atomic E-state index is -2.71.